The third kappa shape index (κ3) is 4.14. The van der Waals surface area contributed by atoms with E-state index in [1.165, 1.54) is 25.1 Å². The van der Waals surface area contributed by atoms with E-state index in [1.807, 2.05) is 0 Å². The standard InChI is InChI=1S/C23H24N4O5/c1-31-20-11-16(23(30)26-9-5-6-10-26)17(12-21(20)32-2)25-22(29)14-27-18-8-4-3-7-15(18)19(28)13-24-27/h3-4,7-8,11-13H,5-6,9-10,14H2,1-2H3,(H,25,29). The molecule has 0 bridgehead atoms. The molecule has 2 heterocycles. The lowest BCUT2D eigenvalue weighted by Gasteiger charge is -2.20. The van der Waals surface area contributed by atoms with E-state index in [2.05, 4.69) is 10.4 Å². The van der Waals surface area contributed by atoms with Crippen LogP contribution in [0.1, 0.15) is 23.2 Å². The normalized spacial score (nSPS) is 13.2. The molecule has 0 atom stereocenters. The smallest absolute Gasteiger partial charge is 0.256 e. The Morgan fingerprint density at radius 3 is 2.47 bits per heavy atom. The number of benzene rings is 2. The zero-order valence-corrected chi connectivity index (χ0v) is 18.0. The summed E-state index contributed by atoms with van der Waals surface area (Å²) < 4.78 is 12.2. The van der Waals surface area contributed by atoms with Crippen LogP contribution in [-0.4, -0.2) is 53.8 Å². The Labute approximate surface area is 184 Å². The van der Waals surface area contributed by atoms with E-state index >= 15 is 0 Å². The van der Waals surface area contributed by atoms with Crippen LogP contribution in [0.15, 0.2) is 47.4 Å². The molecule has 0 spiro atoms. The summed E-state index contributed by atoms with van der Waals surface area (Å²) in [6.07, 6.45) is 3.09. The van der Waals surface area contributed by atoms with Gasteiger partial charge in [0.1, 0.15) is 6.54 Å². The van der Waals surface area contributed by atoms with E-state index < -0.39 is 5.91 Å². The van der Waals surface area contributed by atoms with Crippen LogP contribution in [0.25, 0.3) is 10.9 Å². The second-order valence-electron chi connectivity index (χ2n) is 7.48. The van der Waals surface area contributed by atoms with Gasteiger partial charge in [0.25, 0.3) is 5.91 Å². The first-order valence-corrected chi connectivity index (χ1v) is 10.3. The van der Waals surface area contributed by atoms with Gasteiger partial charge in [0.05, 0.1) is 37.2 Å². The molecule has 2 aromatic carbocycles. The van der Waals surface area contributed by atoms with Gasteiger partial charge in [-0.25, -0.2) is 0 Å². The number of rotatable bonds is 6. The Morgan fingerprint density at radius 1 is 1.06 bits per heavy atom. The van der Waals surface area contributed by atoms with Crippen molar-refractivity contribution in [3.8, 4) is 11.5 Å². The summed E-state index contributed by atoms with van der Waals surface area (Å²) in [5.41, 5.74) is 0.997. The highest BCUT2D eigenvalue weighted by Crippen LogP contribution is 2.34. The molecule has 1 N–H and O–H groups in total. The highest BCUT2D eigenvalue weighted by Gasteiger charge is 2.25. The molecule has 2 amide bonds. The van der Waals surface area contributed by atoms with Crippen LogP contribution in [0.3, 0.4) is 0 Å². The fourth-order valence-corrected chi connectivity index (χ4v) is 3.86. The predicted molar refractivity (Wildman–Crippen MR) is 119 cm³/mol. The molecule has 1 saturated heterocycles. The van der Waals surface area contributed by atoms with Crippen molar-refractivity contribution in [2.24, 2.45) is 0 Å². The van der Waals surface area contributed by atoms with E-state index in [-0.39, 0.29) is 17.9 Å². The SMILES string of the molecule is COc1cc(NC(=O)Cn2ncc(=O)c3ccccc32)c(C(=O)N2CCCC2)cc1OC. The van der Waals surface area contributed by atoms with Gasteiger partial charge in [-0.1, -0.05) is 12.1 Å². The molecule has 1 aliphatic rings. The number of para-hydroxylation sites is 1. The number of ether oxygens (including phenoxy) is 2. The minimum atomic E-state index is -0.394. The third-order valence-corrected chi connectivity index (χ3v) is 5.48. The van der Waals surface area contributed by atoms with Gasteiger partial charge in [-0.2, -0.15) is 5.10 Å². The van der Waals surface area contributed by atoms with Crippen molar-refractivity contribution in [3.63, 3.8) is 0 Å². The highest BCUT2D eigenvalue weighted by atomic mass is 16.5. The number of aromatic nitrogens is 2. The van der Waals surface area contributed by atoms with Crippen molar-refractivity contribution in [2.45, 2.75) is 19.4 Å². The van der Waals surface area contributed by atoms with Gasteiger partial charge < -0.3 is 19.7 Å². The van der Waals surface area contributed by atoms with Gasteiger partial charge in [-0.05, 0) is 31.0 Å². The number of methoxy groups -OCH3 is 2. The van der Waals surface area contributed by atoms with Crippen molar-refractivity contribution in [3.05, 3.63) is 58.4 Å². The first-order valence-electron chi connectivity index (χ1n) is 10.3. The fourth-order valence-electron chi connectivity index (χ4n) is 3.86. The highest BCUT2D eigenvalue weighted by molar-refractivity contribution is 6.04. The molecular weight excluding hydrogens is 412 g/mol. The molecule has 32 heavy (non-hydrogen) atoms. The average Bonchev–Trinajstić information content (AvgIpc) is 3.35. The van der Waals surface area contributed by atoms with Crippen LogP contribution < -0.4 is 20.2 Å². The lowest BCUT2D eigenvalue weighted by atomic mass is 10.1. The summed E-state index contributed by atoms with van der Waals surface area (Å²) in [7, 11) is 2.98. The first-order chi connectivity index (χ1) is 15.5. The summed E-state index contributed by atoms with van der Waals surface area (Å²) >= 11 is 0. The van der Waals surface area contributed by atoms with Crippen LogP contribution in [0, 0.1) is 0 Å². The van der Waals surface area contributed by atoms with Crippen molar-refractivity contribution >= 4 is 28.4 Å². The Balaban J connectivity index is 1.66. The van der Waals surface area contributed by atoms with Crippen LogP contribution in [0.2, 0.25) is 0 Å². The number of hydrogen-bond acceptors (Lipinski definition) is 6. The minimum absolute atomic E-state index is 0.132. The summed E-state index contributed by atoms with van der Waals surface area (Å²) in [6, 6.07) is 10.1. The average molecular weight is 436 g/mol. The van der Waals surface area contributed by atoms with Crippen LogP contribution in [0.4, 0.5) is 5.69 Å². The maximum Gasteiger partial charge on any atom is 0.256 e. The largest absolute Gasteiger partial charge is 0.493 e. The zero-order chi connectivity index (χ0) is 22.7. The topological polar surface area (TPSA) is 103 Å². The molecule has 166 valence electrons. The number of nitrogens with zero attached hydrogens (tertiary/aromatic N) is 3. The third-order valence-electron chi connectivity index (χ3n) is 5.48. The monoisotopic (exact) mass is 436 g/mol. The molecule has 4 rings (SSSR count). The summed E-state index contributed by atoms with van der Waals surface area (Å²) in [4.78, 5) is 39.8. The predicted octanol–water partition coefficient (Wildman–Crippen LogP) is 2.29. The summed E-state index contributed by atoms with van der Waals surface area (Å²) in [5.74, 6) is 0.230. The van der Waals surface area contributed by atoms with Crippen molar-refractivity contribution in [1.29, 1.82) is 0 Å². The van der Waals surface area contributed by atoms with Gasteiger partial charge in [0.2, 0.25) is 11.3 Å². The number of hydrogen-bond donors (Lipinski definition) is 1. The van der Waals surface area contributed by atoms with E-state index in [0.717, 1.165) is 12.8 Å². The number of fused-ring (bicyclic) bond motifs is 1. The molecule has 9 nitrogen and oxygen atoms in total. The summed E-state index contributed by atoms with van der Waals surface area (Å²) in [5, 5.41) is 7.38. The molecule has 3 aromatic rings. The van der Waals surface area contributed by atoms with Gasteiger partial charge in [-0.3, -0.25) is 19.1 Å². The first kappa shape index (κ1) is 21.4. The van der Waals surface area contributed by atoms with Crippen LogP contribution >= 0.6 is 0 Å². The molecular formula is C23H24N4O5. The zero-order valence-electron chi connectivity index (χ0n) is 18.0. The maximum absolute atomic E-state index is 13.1. The molecule has 0 unspecified atom stereocenters. The molecule has 1 fully saturated rings. The second kappa shape index (κ2) is 9.09. The van der Waals surface area contributed by atoms with Crippen molar-refractivity contribution < 1.29 is 19.1 Å². The maximum atomic E-state index is 13.1. The number of amides is 2. The van der Waals surface area contributed by atoms with Gasteiger partial charge in [0.15, 0.2) is 11.5 Å². The second-order valence-corrected chi connectivity index (χ2v) is 7.48. The summed E-state index contributed by atoms with van der Waals surface area (Å²) in [6.45, 7) is 1.22. The number of likely N-dealkylation sites (tertiary alicyclic amines) is 1. The quantitative estimate of drug-likeness (QED) is 0.636. The Hall–Kier alpha value is -3.88. The van der Waals surface area contributed by atoms with Gasteiger partial charge in [0, 0.05) is 24.5 Å². The fraction of sp³-hybridized carbons (Fsp3) is 0.304. The Bertz CT molecular complexity index is 1230. The van der Waals surface area contributed by atoms with Crippen LogP contribution in [-0.2, 0) is 11.3 Å². The lowest BCUT2D eigenvalue weighted by Crippen LogP contribution is -2.29. The molecule has 9 heteroatoms. The molecule has 1 aromatic heterocycles. The molecule has 1 aliphatic heterocycles. The van der Waals surface area contributed by atoms with E-state index in [1.54, 1.807) is 41.3 Å². The number of carbonyl (C=O) groups excluding carboxylic acids is 2. The van der Waals surface area contributed by atoms with Crippen molar-refractivity contribution in [1.82, 2.24) is 14.7 Å². The van der Waals surface area contributed by atoms with E-state index in [9.17, 15) is 14.4 Å². The van der Waals surface area contributed by atoms with Crippen molar-refractivity contribution in [2.75, 3.05) is 32.6 Å². The molecule has 0 saturated carbocycles. The molecule has 0 radical (unpaired) electrons. The van der Waals surface area contributed by atoms with E-state index in [0.29, 0.717) is 46.7 Å². The number of carbonyl (C=O) groups is 2. The van der Waals surface area contributed by atoms with Crippen LogP contribution in [0.5, 0.6) is 11.5 Å². The minimum Gasteiger partial charge on any atom is -0.493 e. The Morgan fingerprint density at radius 2 is 1.75 bits per heavy atom. The molecule has 0 aliphatic carbocycles. The van der Waals surface area contributed by atoms with E-state index in [4.69, 9.17) is 9.47 Å². The lowest BCUT2D eigenvalue weighted by molar-refractivity contribution is -0.116. The Kier molecular flexibility index (Phi) is 6.07. The van der Waals surface area contributed by atoms with Gasteiger partial charge >= 0.3 is 0 Å². The number of anilines is 1. The number of nitrogens with one attached hydrogen (secondary N) is 1. The van der Waals surface area contributed by atoms with Gasteiger partial charge in [-0.15, -0.1) is 0 Å².